The molecule has 7 unspecified atom stereocenters. The van der Waals surface area contributed by atoms with E-state index in [1.165, 1.54) is 231 Å². The van der Waals surface area contributed by atoms with Crippen LogP contribution in [-0.2, 0) is 14.3 Å². The number of rotatable bonds is 63. The van der Waals surface area contributed by atoms with Crippen LogP contribution in [0.2, 0.25) is 0 Å². The van der Waals surface area contributed by atoms with Gasteiger partial charge < -0.3 is 40.3 Å². The van der Waals surface area contributed by atoms with E-state index < -0.39 is 49.5 Å². The first-order valence-electron chi connectivity index (χ1n) is 36.5. The van der Waals surface area contributed by atoms with Crippen molar-refractivity contribution in [2.45, 2.75) is 371 Å². The fourth-order valence-electron chi connectivity index (χ4n) is 11.2. The van der Waals surface area contributed by atoms with Gasteiger partial charge in [-0.3, -0.25) is 4.79 Å². The Labute approximate surface area is 530 Å². The molecule has 0 saturated carbocycles. The maximum absolute atomic E-state index is 13.1. The molecule has 498 valence electrons. The molecule has 1 aliphatic rings. The van der Waals surface area contributed by atoms with Gasteiger partial charge in [0.1, 0.15) is 24.4 Å². The number of carbonyl (C=O) groups is 1. The zero-order valence-electron chi connectivity index (χ0n) is 55.8. The van der Waals surface area contributed by atoms with Crippen molar-refractivity contribution in [1.82, 2.24) is 5.32 Å². The largest absolute Gasteiger partial charge is 0.394 e. The number of carbonyl (C=O) groups excluding carboxylic acids is 1. The number of nitrogens with one attached hydrogen (secondary N) is 1. The second-order valence-electron chi connectivity index (χ2n) is 25.0. The van der Waals surface area contributed by atoms with Crippen molar-refractivity contribution < 1.29 is 39.8 Å². The normalized spacial score (nSPS) is 18.6. The number of aliphatic hydroxyl groups is 5. The molecule has 0 bridgehead atoms. The van der Waals surface area contributed by atoms with Crippen LogP contribution in [0.25, 0.3) is 0 Å². The van der Waals surface area contributed by atoms with Crippen molar-refractivity contribution in [3.05, 3.63) is 97.2 Å². The average Bonchev–Trinajstić information content (AvgIpc) is 2.44. The number of amides is 1. The Morgan fingerprint density at radius 1 is 0.407 bits per heavy atom. The number of aliphatic hydroxyl groups excluding tert-OH is 5. The third-order valence-electron chi connectivity index (χ3n) is 16.9. The van der Waals surface area contributed by atoms with Crippen LogP contribution in [0.3, 0.4) is 0 Å². The molecule has 1 saturated heterocycles. The summed E-state index contributed by atoms with van der Waals surface area (Å²) in [6.07, 6.45) is 88.1. The molecule has 0 spiro atoms. The van der Waals surface area contributed by atoms with E-state index >= 15 is 0 Å². The smallest absolute Gasteiger partial charge is 0.220 e. The van der Waals surface area contributed by atoms with Gasteiger partial charge in [-0.1, -0.05) is 329 Å². The van der Waals surface area contributed by atoms with E-state index in [9.17, 15) is 30.3 Å². The van der Waals surface area contributed by atoms with E-state index in [4.69, 9.17) is 9.47 Å². The Morgan fingerprint density at radius 2 is 0.733 bits per heavy atom. The fourth-order valence-corrected chi connectivity index (χ4v) is 11.2. The van der Waals surface area contributed by atoms with Gasteiger partial charge in [0.2, 0.25) is 5.91 Å². The van der Waals surface area contributed by atoms with Crippen LogP contribution in [0, 0.1) is 0 Å². The highest BCUT2D eigenvalue weighted by molar-refractivity contribution is 5.76. The van der Waals surface area contributed by atoms with Crippen molar-refractivity contribution >= 4 is 5.91 Å². The molecule has 1 rings (SSSR count). The SMILES string of the molecule is CC/C=C\C/C=C\C/C=C\C/C=C\C/C=C\CCCCCCCCCCCCCCCCCCCCCCCC(=O)NC(COC1OC(CO)C(O)C(O)C1O)C(O)/C=C/CC/C=C/CC/C=C/CCCCCCCCCCCCCCCCCC. The Hall–Kier alpha value is -2.89. The molecular weight excluding hydrogens is 1070 g/mol. The van der Waals surface area contributed by atoms with Gasteiger partial charge in [0.05, 0.1) is 25.4 Å². The van der Waals surface area contributed by atoms with E-state index in [1.54, 1.807) is 6.08 Å². The summed E-state index contributed by atoms with van der Waals surface area (Å²) in [6.45, 7) is 3.68. The average molecular weight is 1200 g/mol. The minimum Gasteiger partial charge on any atom is -0.394 e. The summed E-state index contributed by atoms with van der Waals surface area (Å²) < 4.78 is 11.3. The van der Waals surface area contributed by atoms with Crippen molar-refractivity contribution in [3.63, 3.8) is 0 Å². The van der Waals surface area contributed by atoms with Gasteiger partial charge in [0, 0.05) is 6.42 Å². The molecule has 0 aromatic rings. The Bertz CT molecular complexity index is 1680. The first kappa shape index (κ1) is 81.1. The van der Waals surface area contributed by atoms with Gasteiger partial charge in [0.25, 0.3) is 0 Å². The molecule has 0 radical (unpaired) electrons. The Morgan fingerprint density at radius 3 is 1.12 bits per heavy atom. The lowest BCUT2D eigenvalue weighted by Gasteiger charge is -2.40. The van der Waals surface area contributed by atoms with Crippen LogP contribution < -0.4 is 5.32 Å². The van der Waals surface area contributed by atoms with Gasteiger partial charge >= 0.3 is 0 Å². The van der Waals surface area contributed by atoms with E-state index in [2.05, 4.69) is 104 Å². The first-order valence-corrected chi connectivity index (χ1v) is 36.5. The maximum Gasteiger partial charge on any atom is 0.220 e. The molecular formula is C77H137NO8. The summed E-state index contributed by atoms with van der Waals surface area (Å²) in [7, 11) is 0. The zero-order chi connectivity index (χ0) is 62.1. The fraction of sp³-hybridized carbons (Fsp3) is 0.779. The molecule has 9 heteroatoms. The molecule has 1 amide bonds. The third kappa shape index (κ3) is 53.0. The quantitative estimate of drug-likeness (QED) is 0.0261. The monoisotopic (exact) mass is 1200 g/mol. The standard InChI is InChI=1S/C77H137NO8/c1-3-5-7-9-11-13-15-17-19-21-23-25-27-29-31-32-33-34-35-36-37-38-39-40-41-43-45-47-49-51-53-55-57-59-61-63-65-67-73(81)78-70(69-85-77-76(84)75(83)74(82)72(68-79)86-77)71(80)66-64-62-60-58-56-54-52-50-48-46-44-42-30-28-26-24-22-20-18-16-14-12-10-8-6-4-2/h5,7,11,13,17,19,23,25,29,31,48,50,56,58,64,66,70-72,74-77,79-80,82-84H,3-4,6,8-10,12,14-16,18,20-22,24,26-28,30,32-47,49,51-55,57,59-63,65,67-69H2,1-2H3,(H,78,81)/b7-5-,13-11-,19-17-,25-23-,31-29-,50-48+,58-56+,66-64+. The highest BCUT2D eigenvalue weighted by Crippen LogP contribution is 2.23. The van der Waals surface area contributed by atoms with Crippen LogP contribution >= 0.6 is 0 Å². The summed E-state index contributed by atoms with van der Waals surface area (Å²) in [5.74, 6) is -0.188. The number of hydrogen-bond donors (Lipinski definition) is 6. The van der Waals surface area contributed by atoms with Crippen LogP contribution in [0.5, 0.6) is 0 Å². The number of ether oxygens (including phenoxy) is 2. The molecule has 1 fully saturated rings. The van der Waals surface area contributed by atoms with Crippen LogP contribution in [0.4, 0.5) is 0 Å². The molecule has 7 atom stereocenters. The Kier molecular flexibility index (Phi) is 61.4. The lowest BCUT2D eigenvalue weighted by molar-refractivity contribution is -0.302. The molecule has 0 aromatic heterocycles. The Balaban J connectivity index is 2.12. The molecule has 0 aromatic carbocycles. The van der Waals surface area contributed by atoms with E-state index in [0.29, 0.717) is 6.42 Å². The number of allylic oxidation sites excluding steroid dienone is 15. The summed E-state index contributed by atoms with van der Waals surface area (Å²) in [5.41, 5.74) is 0. The van der Waals surface area contributed by atoms with E-state index in [0.717, 1.165) is 77.0 Å². The van der Waals surface area contributed by atoms with Gasteiger partial charge in [-0.2, -0.15) is 0 Å². The summed E-state index contributed by atoms with van der Waals surface area (Å²) >= 11 is 0. The summed E-state index contributed by atoms with van der Waals surface area (Å²) in [4.78, 5) is 13.1. The van der Waals surface area contributed by atoms with Gasteiger partial charge in [-0.15, -0.1) is 0 Å². The minimum atomic E-state index is -1.58. The predicted molar refractivity (Wildman–Crippen MR) is 368 cm³/mol. The van der Waals surface area contributed by atoms with Crippen molar-refractivity contribution in [1.29, 1.82) is 0 Å². The molecule has 6 N–H and O–H groups in total. The van der Waals surface area contributed by atoms with Crippen molar-refractivity contribution in [2.75, 3.05) is 13.2 Å². The molecule has 86 heavy (non-hydrogen) atoms. The van der Waals surface area contributed by atoms with E-state index in [-0.39, 0.29) is 12.5 Å². The maximum atomic E-state index is 13.1. The predicted octanol–water partition coefficient (Wildman–Crippen LogP) is 20.3. The van der Waals surface area contributed by atoms with Gasteiger partial charge in [-0.25, -0.2) is 0 Å². The summed E-state index contributed by atoms with van der Waals surface area (Å²) in [6, 6.07) is -0.833. The topological polar surface area (TPSA) is 149 Å². The third-order valence-corrected chi connectivity index (χ3v) is 16.9. The minimum absolute atomic E-state index is 0.188. The molecule has 9 nitrogen and oxygen atoms in total. The zero-order valence-corrected chi connectivity index (χ0v) is 55.8. The van der Waals surface area contributed by atoms with Crippen LogP contribution in [0.15, 0.2) is 97.2 Å². The van der Waals surface area contributed by atoms with E-state index in [1.807, 2.05) is 6.08 Å². The summed E-state index contributed by atoms with van der Waals surface area (Å²) in [5, 5.41) is 54.8. The van der Waals surface area contributed by atoms with Gasteiger partial charge in [0.15, 0.2) is 6.29 Å². The molecule has 1 heterocycles. The highest BCUT2D eigenvalue weighted by Gasteiger charge is 2.44. The second-order valence-corrected chi connectivity index (χ2v) is 25.0. The number of hydrogen-bond acceptors (Lipinski definition) is 8. The van der Waals surface area contributed by atoms with Crippen LogP contribution in [-0.4, -0.2) is 87.5 Å². The lowest BCUT2D eigenvalue weighted by atomic mass is 9.99. The van der Waals surface area contributed by atoms with Gasteiger partial charge in [-0.05, 0) is 89.9 Å². The van der Waals surface area contributed by atoms with Crippen molar-refractivity contribution in [3.8, 4) is 0 Å². The molecule has 1 aliphatic heterocycles. The van der Waals surface area contributed by atoms with Crippen molar-refractivity contribution in [2.24, 2.45) is 0 Å². The molecule has 0 aliphatic carbocycles. The second kappa shape index (κ2) is 65.1. The highest BCUT2D eigenvalue weighted by atomic mass is 16.7. The number of unbranched alkanes of at least 4 members (excludes halogenated alkanes) is 39. The van der Waals surface area contributed by atoms with Crippen LogP contribution in [0.1, 0.15) is 328 Å². The first-order chi connectivity index (χ1) is 42.3. The lowest BCUT2D eigenvalue weighted by Crippen LogP contribution is -2.60.